The zero-order valence-electron chi connectivity index (χ0n) is 17.1. The average molecular weight is 511 g/mol. The van der Waals surface area contributed by atoms with Gasteiger partial charge in [0, 0.05) is 44.5 Å². The van der Waals surface area contributed by atoms with E-state index in [0.717, 1.165) is 48.8 Å². The first-order valence-corrected chi connectivity index (χ1v) is 10.0. The van der Waals surface area contributed by atoms with E-state index in [1.54, 1.807) is 0 Å². The van der Waals surface area contributed by atoms with Crippen LogP contribution in [0.15, 0.2) is 41.7 Å². The lowest BCUT2D eigenvalue weighted by atomic mass is 9.96. The molecule has 158 valence electrons. The number of rotatable bonds is 5. The van der Waals surface area contributed by atoms with Crippen molar-refractivity contribution in [3.05, 3.63) is 47.8 Å². The van der Waals surface area contributed by atoms with Crippen LogP contribution in [0.25, 0.3) is 0 Å². The summed E-state index contributed by atoms with van der Waals surface area (Å²) in [5.74, 6) is 1.86. The third-order valence-corrected chi connectivity index (χ3v) is 5.43. The lowest BCUT2D eigenvalue weighted by Gasteiger charge is -2.35. The van der Waals surface area contributed by atoms with Crippen molar-refractivity contribution in [3.8, 4) is 5.75 Å². The highest BCUT2D eigenvalue weighted by Crippen LogP contribution is 2.27. The van der Waals surface area contributed by atoms with Crippen LogP contribution >= 0.6 is 24.0 Å². The number of hydrogen-bond acceptors (Lipinski definition) is 4. The molecule has 2 fully saturated rings. The standard InChI is InChI=1S/C21H29N5O2.HI/c1-22-21(26-10-11-27-20(15-26)17-13-24-25(2)14-17)23-12-16-6-3-4-9-19(16)28-18-7-5-8-18;/h3-4,6,9,13-14,18,20H,5,7-8,10-12,15H2,1-2H3,(H,22,23);1H. The second-order valence-electron chi connectivity index (χ2n) is 7.43. The lowest BCUT2D eigenvalue weighted by molar-refractivity contribution is -0.00806. The molecule has 1 aliphatic heterocycles. The van der Waals surface area contributed by atoms with E-state index in [1.807, 2.05) is 37.2 Å². The summed E-state index contributed by atoms with van der Waals surface area (Å²) in [5.41, 5.74) is 2.26. The van der Waals surface area contributed by atoms with Crippen LogP contribution in [0, 0.1) is 0 Å². The molecule has 1 aliphatic carbocycles. The topological polar surface area (TPSA) is 63.9 Å². The van der Waals surface area contributed by atoms with Crippen LogP contribution in [-0.2, 0) is 18.3 Å². The minimum absolute atomic E-state index is 0. The van der Waals surface area contributed by atoms with Gasteiger partial charge in [0.1, 0.15) is 11.9 Å². The molecule has 2 heterocycles. The minimum Gasteiger partial charge on any atom is -0.490 e. The lowest BCUT2D eigenvalue weighted by Crippen LogP contribution is -2.47. The summed E-state index contributed by atoms with van der Waals surface area (Å²) in [7, 11) is 3.75. The Bertz CT molecular complexity index is 821. The Morgan fingerprint density at radius 1 is 1.34 bits per heavy atom. The largest absolute Gasteiger partial charge is 0.490 e. The smallest absolute Gasteiger partial charge is 0.194 e. The van der Waals surface area contributed by atoms with Gasteiger partial charge < -0.3 is 19.7 Å². The number of morpholine rings is 1. The maximum Gasteiger partial charge on any atom is 0.194 e. The fraction of sp³-hybridized carbons (Fsp3) is 0.524. The Labute approximate surface area is 189 Å². The number of aliphatic imine (C=N–C) groups is 1. The molecule has 0 bridgehead atoms. The Morgan fingerprint density at radius 3 is 2.86 bits per heavy atom. The van der Waals surface area contributed by atoms with Gasteiger partial charge in [0.25, 0.3) is 0 Å². The highest BCUT2D eigenvalue weighted by atomic mass is 127. The van der Waals surface area contributed by atoms with E-state index < -0.39 is 0 Å². The molecule has 1 saturated carbocycles. The van der Waals surface area contributed by atoms with Crippen LogP contribution in [0.3, 0.4) is 0 Å². The molecule has 1 atom stereocenters. The van der Waals surface area contributed by atoms with Crippen LogP contribution in [0.1, 0.15) is 36.5 Å². The first-order chi connectivity index (χ1) is 13.7. The van der Waals surface area contributed by atoms with Gasteiger partial charge >= 0.3 is 0 Å². The molecule has 8 heteroatoms. The van der Waals surface area contributed by atoms with Crippen molar-refractivity contribution < 1.29 is 9.47 Å². The van der Waals surface area contributed by atoms with Gasteiger partial charge in [0.05, 0.1) is 25.5 Å². The number of halogens is 1. The Kier molecular flexibility index (Phi) is 7.77. The maximum atomic E-state index is 6.15. The maximum absolute atomic E-state index is 6.15. The Morgan fingerprint density at radius 2 is 2.17 bits per heavy atom. The molecular weight excluding hydrogens is 481 g/mol. The van der Waals surface area contributed by atoms with Crippen LogP contribution in [0.4, 0.5) is 0 Å². The second kappa shape index (κ2) is 10.3. The SMILES string of the molecule is CN=C(NCc1ccccc1OC1CCC1)N1CCOC(c2cnn(C)c2)C1.I. The summed E-state index contributed by atoms with van der Waals surface area (Å²) in [4.78, 5) is 6.74. The molecule has 29 heavy (non-hydrogen) atoms. The highest BCUT2D eigenvalue weighted by Gasteiger charge is 2.25. The number of aromatic nitrogens is 2. The van der Waals surface area contributed by atoms with Crippen molar-refractivity contribution in [1.82, 2.24) is 20.0 Å². The van der Waals surface area contributed by atoms with Gasteiger partial charge in [-0.15, -0.1) is 24.0 Å². The van der Waals surface area contributed by atoms with E-state index in [9.17, 15) is 0 Å². The number of benzene rings is 1. The molecule has 7 nitrogen and oxygen atoms in total. The molecule has 1 saturated heterocycles. The van der Waals surface area contributed by atoms with Gasteiger partial charge in [-0.1, -0.05) is 18.2 Å². The first kappa shape index (κ1) is 21.9. The molecule has 0 amide bonds. The molecule has 2 aromatic rings. The molecule has 1 unspecified atom stereocenters. The zero-order chi connectivity index (χ0) is 19.3. The van der Waals surface area contributed by atoms with Gasteiger partial charge in [0.15, 0.2) is 5.96 Å². The number of nitrogens with one attached hydrogen (secondary N) is 1. The summed E-state index contributed by atoms with van der Waals surface area (Å²) in [5, 5.41) is 7.76. The fourth-order valence-corrected chi connectivity index (χ4v) is 3.59. The quantitative estimate of drug-likeness (QED) is 0.380. The van der Waals surface area contributed by atoms with Gasteiger partial charge in [-0.3, -0.25) is 9.67 Å². The van der Waals surface area contributed by atoms with Gasteiger partial charge in [-0.05, 0) is 25.3 Å². The Balaban J connectivity index is 0.00000240. The molecule has 1 aromatic heterocycles. The van der Waals surface area contributed by atoms with Crippen LogP contribution in [-0.4, -0.2) is 53.5 Å². The van der Waals surface area contributed by atoms with Crippen molar-refractivity contribution in [3.63, 3.8) is 0 Å². The zero-order valence-corrected chi connectivity index (χ0v) is 19.4. The molecule has 1 aromatic carbocycles. The predicted molar refractivity (Wildman–Crippen MR) is 124 cm³/mol. The summed E-state index contributed by atoms with van der Waals surface area (Å²) in [6, 6.07) is 8.27. The van der Waals surface area contributed by atoms with E-state index in [4.69, 9.17) is 9.47 Å². The molecule has 1 N–H and O–H groups in total. The Hall–Kier alpha value is -1.81. The molecular formula is C21H30IN5O2. The normalized spacial score (nSPS) is 20.0. The third-order valence-electron chi connectivity index (χ3n) is 5.43. The summed E-state index contributed by atoms with van der Waals surface area (Å²) >= 11 is 0. The predicted octanol–water partition coefficient (Wildman–Crippen LogP) is 3.12. The van der Waals surface area contributed by atoms with E-state index in [1.165, 1.54) is 6.42 Å². The summed E-state index contributed by atoms with van der Waals surface area (Å²) < 4.78 is 13.9. The van der Waals surface area contributed by atoms with Crippen LogP contribution < -0.4 is 10.1 Å². The van der Waals surface area contributed by atoms with Crippen molar-refractivity contribution in [2.45, 2.75) is 38.0 Å². The third kappa shape index (κ3) is 5.42. The molecule has 2 aliphatic rings. The number of para-hydroxylation sites is 1. The fourth-order valence-electron chi connectivity index (χ4n) is 3.59. The number of hydrogen-bond donors (Lipinski definition) is 1. The number of nitrogens with zero attached hydrogens (tertiary/aromatic N) is 4. The number of aryl methyl sites for hydroxylation is 1. The monoisotopic (exact) mass is 511 g/mol. The molecule has 0 spiro atoms. The minimum atomic E-state index is 0. The summed E-state index contributed by atoms with van der Waals surface area (Å²) in [6.45, 7) is 2.92. The van der Waals surface area contributed by atoms with Crippen molar-refractivity contribution >= 4 is 29.9 Å². The van der Waals surface area contributed by atoms with E-state index in [-0.39, 0.29) is 30.1 Å². The van der Waals surface area contributed by atoms with Crippen molar-refractivity contribution in [2.24, 2.45) is 12.0 Å². The summed E-state index contributed by atoms with van der Waals surface area (Å²) in [6.07, 6.45) is 7.86. The second-order valence-corrected chi connectivity index (χ2v) is 7.43. The molecule has 0 radical (unpaired) electrons. The van der Waals surface area contributed by atoms with E-state index in [0.29, 0.717) is 19.3 Å². The van der Waals surface area contributed by atoms with Gasteiger partial charge in [-0.25, -0.2) is 0 Å². The van der Waals surface area contributed by atoms with Gasteiger partial charge in [0.2, 0.25) is 0 Å². The number of guanidine groups is 1. The van der Waals surface area contributed by atoms with E-state index in [2.05, 4.69) is 38.5 Å². The number of ether oxygens (including phenoxy) is 2. The van der Waals surface area contributed by atoms with Gasteiger partial charge in [-0.2, -0.15) is 5.10 Å². The van der Waals surface area contributed by atoms with Crippen molar-refractivity contribution in [1.29, 1.82) is 0 Å². The van der Waals surface area contributed by atoms with Crippen LogP contribution in [0.5, 0.6) is 5.75 Å². The van der Waals surface area contributed by atoms with Crippen LogP contribution in [0.2, 0.25) is 0 Å². The molecule has 4 rings (SSSR count). The van der Waals surface area contributed by atoms with E-state index >= 15 is 0 Å². The average Bonchev–Trinajstić information content (AvgIpc) is 3.13. The highest BCUT2D eigenvalue weighted by molar-refractivity contribution is 14.0. The first-order valence-electron chi connectivity index (χ1n) is 10.0. The van der Waals surface area contributed by atoms with Crippen molar-refractivity contribution in [2.75, 3.05) is 26.7 Å².